The van der Waals surface area contributed by atoms with Gasteiger partial charge in [0.15, 0.2) is 0 Å². The van der Waals surface area contributed by atoms with Crippen LogP contribution in [0.3, 0.4) is 0 Å². The fraction of sp³-hybridized carbons (Fsp3) is 0.186. The molecule has 0 radical (unpaired) electrons. The van der Waals surface area contributed by atoms with Crippen LogP contribution in [0.2, 0.25) is 0 Å². The summed E-state index contributed by atoms with van der Waals surface area (Å²) in [4.78, 5) is 2.46. The highest BCUT2D eigenvalue weighted by atomic mass is 16.3. The molecule has 2 aliphatic rings. The van der Waals surface area contributed by atoms with Gasteiger partial charge in [-0.05, 0) is 134 Å². The van der Waals surface area contributed by atoms with Gasteiger partial charge in [-0.1, -0.05) is 139 Å². The summed E-state index contributed by atoms with van der Waals surface area (Å²) >= 11 is 0. The van der Waals surface area contributed by atoms with Crippen molar-refractivity contribution < 1.29 is 8.83 Å². The lowest BCUT2D eigenvalue weighted by molar-refractivity contribution is 0.332. The van der Waals surface area contributed by atoms with Gasteiger partial charge in [0.25, 0.3) is 0 Å². The summed E-state index contributed by atoms with van der Waals surface area (Å²) in [5.74, 6) is 0. The Morgan fingerprint density at radius 1 is 0.371 bits per heavy atom. The van der Waals surface area contributed by atoms with Gasteiger partial charge in [-0.3, -0.25) is 0 Å². The van der Waals surface area contributed by atoms with Crippen LogP contribution in [0.1, 0.15) is 76.6 Å². The molecule has 8 aromatic carbocycles. The number of benzene rings is 8. The van der Waals surface area contributed by atoms with E-state index in [1.165, 1.54) is 50.9 Å². The van der Waals surface area contributed by atoms with Crippen molar-refractivity contribution in [2.24, 2.45) is 0 Å². The smallest absolute Gasteiger partial charge is 0.137 e. The van der Waals surface area contributed by atoms with Crippen molar-refractivity contribution in [3.8, 4) is 33.4 Å². The lowest BCUT2D eigenvalue weighted by atomic mass is 9.63. The maximum atomic E-state index is 6.59. The molecule has 62 heavy (non-hydrogen) atoms. The number of furan rings is 2. The van der Waals surface area contributed by atoms with Crippen molar-refractivity contribution >= 4 is 60.9 Å². The van der Waals surface area contributed by atoms with Crippen LogP contribution in [-0.2, 0) is 16.2 Å². The van der Waals surface area contributed by atoms with Gasteiger partial charge in [0.05, 0.1) is 5.69 Å². The molecule has 0 amide bonds. The number of nitrogens with zero attached hydrogens (tertiary/aromatic N) is 1. The molecule has 0 spiro atoms. The molecule has 2 heterocycles. The number of para-hydroxylation sites is 2. The molecule has 0 unspecified atom stereocenters. The van der Waals surface area contributed by atoms with Crippen LogP contribution >= 0.6 is 0 Å². The minimum absolute atomic E-state index is 0.0694. The molecule has 0 bridgehead atoms. The predicted molar refractivity (Wildman–Crippen MR) is 259 cm³/mol. The number of hydrogen-bond donors (Lipinski definition) is 0. The van der Waals surface area contributed by atoms with Crippen molar-refractivity contribution in [2.45, 2.75) is 70.6 Å². The maximum Gasteiger partial charge on any atom is 0.137 e. The third-order valence-electron chi connectivity index (χ3n) is 14.6. The van der Waals surface area contributed by atoms with Crippen LogP contribution in [0.15, 0.2) is 173 Å². The third-order valence-corrected chi connectivity index (χ3v) is 14.6. The van der Waals surface area contributed by atoms with E-state index in [9.17, 15) is 0 Å². The van der Waals surface area contributed by atoms with E-state index in [2.05, 4.69) is 192 Å². The van der Waals surface area contributed by atoms with Crippen molar-refractivity contribution in [1.82, 2.24) is 0 Å². The molecule has 12 rings (SSSR count). The van der Waals surface area contributed by atoms with E-state index in [1.54, 1.807) is 0 Å². The number of rotatable bonds is 5. The molecule has 3 heteroatoms. The van der Waals surface area contributed by atoms with Crippen molar-refractivity contribution in [1.29, 1.82) is 0 Å². The normalized spacial score (nSPS) is 15.8. The van der Waals surface area contributed by atoms with E-state index in [0.717, 1.165) is 78.5 Å². The number of fused-ring (bicyclic) bond motifs is 10. The van der Waals surface area contributed by atoms with Gasteiger partial charge in [-0.25, -0.2) is 0 Å². The summed E-state index contributed by atoms with van der Waals surface area (Å²) in [6.45, 7) is 14.4. The highest BCUT2D eigenvalue weighted by molar-refractivity contribution is 6.08. The minimum Gasteiger partial charge on any atom is -0.456 e. The molecule has 0 N–H and O–H groups in total. The molecule has 302 valence electrons. The first-order chi connectivity index (χ1) is 29.9. The lowest BCUT2D eigenvalue weighted by Crippen LogP contribution is -2.33. The SMILES string of the molecule is CC1(C)CCC(C)(C)c2cc(-c3cc4c(cc3N(c3ccc(-c5ccc6oc7ccccc7c6c5)cc3)c3ccc5c(c3)oc3ccccc35)C(C)(C)c3ccccc3-4)ccc21. The highest BCUT2D eigenvalue weighted by Crippen LogP contribution is 2.55. The lowest BCUT2D eigenvalue weighted by Gasteiger charge is -2.42. The highest BCUT2D eigenvalue weighted by Gasteiger charge is 2.39. The Hall–Kier alpha value is -6.84. The van der Waals surface area contributed by atoms with E-state index in [4.69, 9.17) is 8.83 Å². The van der Waals surface area contributed by atoms with E-state index in [0.29, 0.717) is 0 Å². The first-order valence-electron chi connectivity index (χ1n) is 22.1. The molecular weight excluding hydrogens is 755 g/mol. The Labute approximate surface area is 363 Å². The van der Waals surface area contributed by atoms with Crippen LogP contribution in [-0.4, -0.2) is 0 Å². The van der Waals surface area contributed by atoms with E-state index < -0.39 is 0 Å². The van der Waals surface area contributed by atoms with Gasteiger partial charge in [-0.15, -0.1) is 0 Å². The predicted octanol–water partition coefficient (Wildman–Crippen LogP) is 16.9. The van der Waals surface area contributed by atoms with Crippen LogP contribution in [0.25, 0.3) is 77.3 Å². The summed E-state index contributed by atoms with van der Waals surface area (Å²) in [5.41, 5.74) is 19.9. The fourth-order valence-corrected chi connectivity index (χ4v) is 10.9. The average Bonchev–Trinajstić information content (AvgIpc) is 3.92. The van der Waals surface area contributed by atoms with Gasteiger partial charge in [-0.2, -0.15) is 0 Å². The van der Waals surface area contributed by atoms with Gasteiger partial charge < -0.3 is 13.7 Å². The molecule has 0 fully saturated rings. The van der Waals surface area contributed by atoms with Gasteiger partial charge in [0.2, 0.25) is 0 Å². The molecule has 10 aromatic rings. The molecule has 2 aliphatic carbocycles. The molecule has 3 nitrogen and oxygen atoms in total. The minimum atomic E-state index is -0.185. The molecule has 2 aromatic heterocycles. The van der Waals surface area contributed by atoms with Gasteiger partial charge in [0, 0.05) is 50.0 Å². The zero-order valence-corrected chi connectivity index (χ0v) is 36.3. The van der Waals surface area contributed by atoms with Crippen LogP contribution < -0.4 is 4.90 Å². The van der Waals surface area contributed by atoms with Crippen molar-refractivity contribution in [3.63, 3.8) is 0 Å². The standard InChI is InChI=1S/C59H49NO2/c1-57(2)29-30-58(3,4)51-32-38(21-27-49(51)57)45-34-46-41-13-7-10-16-48(41)59(5,6)50(46)35-52(45)60(40-25-26-44-42-14-8-11-17-53(42)62-56(44)33-40)39-23-19-36(20-24-39)37-22-28-55-47(31-37)43-15-9-12-18-54(43)61-55/h7-28,31-35H,29-30H2,1-6H3. The topological polar surface area (TPSA) is 29.5 Å². The van der Waals surface area contributed by atoms with E-state index in [-0.39, 0.29) is 16.2 Å². The summed E-state index contributed by atoms with van der Waals surface area (Å²) in [5, 5.41) is 4.51. The van der Waals surface area contributed by atoms with E-state index in [1.807, 2.05) is 18.2 Å². The zero-order chi connectivity index (χ0) is 42.1. The summed E-state index contributed by atoms with van der Waals surface area (Å²) < 4.78 is 12.8. The summed E-state index contributed by atoms with van der Waals surface area (Å²) in [6.07, 6.45) is 2.34. The Kier molecular flexibility index (Phi) is 7.80. The van der Waals surface area contributed by atoms with Gasteiger partial charge >= 0.3 is 0 Å². The quantitative estimate of drug-likeness (QED) is 0.174. The zero-order valence-electron chi connectivity index (χ0n) is 36.3. The molecule has 0 atom stereocenters. The monoisotopic (exact) mass is 803 g/mol. The second kappa shape index (κ2) is 13.1. The molecule has 0 saturated carbocycles. The van der Waals surface area contributed by atoms with Crippen LogP contribution in [0.5, 0.6) is 0 Å². The Balaban J connectivity index is 1.10. The van der Waals surface area contributed by atoms with Crippen molar-refractivity contribution in [2.75, 3.05) is 4.90 Å². The molecule has 0 saturated heterocycles. The molecule has 0 aliphatic heterocycles. The Morgan fingerprint density at radius 3 is 1.74 bits per heavy atom. The van der Waals surface area contributed by atoms with Crippen LogP contribution in [0, 0.1) is 0 Å². The third kappa shape index (κ3) is 5.50. The maximum absolute atomic E-state index is 6.59. The fourth-order valence-electron chi connectivity index (χ4n) is 10.9. The van der Waals surface area contributed by atoms with Gasteiger partial charge in [0.1, 0.15) is 22.3 Å². The average molecular weight is 804 g/mol. The largest absolute Gasteiger partial charge is 0.456 e. The summed E-state index contributed by atoms with van der Waals surface area (Å²) in [7, 11) is 0. The number of hydrogen-bond acceptors (Lipinski definition) is 3. The Bertz CT molecular complexity index is 3450. The number of anilines is 3. The molecular formula is C59H49NO2. The second-order valence-electron chi connectivity index (χ2n) is 19.6. The first-order valence-corrected chi connectivity index (χ1v) is 22.1. The Morgan fingerprint density at radius 2 is 0.968 bits per heavy atom. The van der Waals surface area contributed by atoms with Crippen molar-refractivity contribution in [3.05, 3.63) is 186 Å². The van der Waals surface area contributed by atoms with Crippen LogP contribution in [0.4, 0.5) is 17.1 Å². The van der Waals surface area contributed by atoms with E-state index >= 15 is 0 Å². The summed E-state index contributed by atoms with van der Waals surface area (Å²) in [6, 6.07) is 60.3. The first kappa shape index (κ1) is 37.0. The second-order valence-corrected chi connectivity index (χ2v) is 19.6.